The molecule has 0 aromatic heterocycles. The smallest absolute Gasteiger partial charge is 0.221 e. The fraction of sp³-hybridized carbons (Fsp3) is 0.235. The van der Waals surface area contributed by atoms with Crippen molar-refractivity contribution in [2.45, 2.75) is 17.4 Å². The third kappa shape index (κ3) is 5.25. The van der Waals surface area contributed by atoms with Crippen LogP contribution in [0.3, 0.4) is 0 Å². The first-order valence-corrected chi connectivity index (χ1v) is 7.91. The van der Waals surface area contributed by atoms with Crippen molar-refractivity contribution in [1.82, 2.24) is 5.32 Å². The lowest BCUT2D eigenvalue weighted by Gasteiger charge is -2.16. The second-order valence-electron chi connectivity index (χ2n) is 4.62. The molecule has 0 saturated carbocycles. The van der Waals surface area contributed by atoms with Crippen LogP contribution in [0.4, 0.5) is 0 Å². The predicted octanol–water partition coefficient (Wildman–Crippen LogP) is 3.02. The summed E-state index contributed by atoms with van der Waals surface area (Å²) in [6, 6.07) is 19.2. The first-order chi connectivity index (χ1) is 10.3. The van der Waals surface area contributed by atoms with E-state index < -0.39 is 0 Å². The van der Waals surface area contributed by atoms with Crippen LogP contribution in [0.25, 0.3) is 0 Å². The van der Waals surface area contributed by atoms with Crippen LogP contribution in [0.1, 0.15) is 18.0 Å². The van der Waals surface area contributed by atoms with Crippen molar-refractivity contribution in [3.8, 4) is 0 Å². The quantitative estimate of drug-likeness (QED) is 0.773. The van der Waals surface area contributed by atoms with Crippen molar-refractivity contribution in [1.29, 1.82) is 0 Å². The summed E-state index contributed by atoms with van der Waals surface area (Å²) in [7, 11) is 0. The molecule has 0 saturated heterocycles. The zero-order valence-electron chi connectivity index (χ0n) is 11.7. The van der Waals surface area contributed by atoms with E-state index in [0.717, 1.165) is 16.2 Å². The second kappa shape index (κ2) is 8.49. The number of nitrogens with one attached hydrogen (secondary N) is 1. The molecule has 4 heteroatoms. The molecule has 0 radical (unpaired) electrons. The molecular formula is C17H19NO2S. The number of carbonyl (C=O) groups excluding carboxylic acids is 1. The van der Waals surface area contributed by atoms with Gasteiger partial charge in [0.2, 0.25) is 5.91 Å². The Morgan fingerprint density at radius 2 is 1.67 bits per heavy atom. The topological polar surface area (TPSA) is 49.3 Å². The Hall–Kier alpha value is -1.78. The molecular weight excluding hydrogens is 282 g/mol. The van der Waals surface area contributed by atoms with E-state index in [0.29, 0.717) is 6.42 Å². The van der Waals surface area contributed by atoms with Crippen molar-refractivity contribution < 1.29 is 9.90 Å². The number of amides is 1. The van der Waals surface area contributed by atoms with Crippen LogP contribution in [-0.4, -0.2) is 23.4 Å². The first kappa shape index (κ1) is 15.6. The van der Waals surface area contributed by atoms with E-state index in [-0.39, 0.29) is 18.6 Å². The average molecular weight is 301 g/mol. The molecule has 3 nitrogen and oxygen atoms in total. The number of rotatable bonds is 7. The summed E-state index contributed by atoms with van der Waals surface area (Å²) in [5.41, 5.74) is 0.920. The highest BCUT2D eigenvalue weighted by atomic mass is 32.2. The van der Waals surface area contributed by atoms with Gasteiger partial charge in [0.15, 0.2) is 0 Å². The Balaban J connectivity index is 1.78. The molecule has 2 aromatic carbocycles. The zero-order chi connectivity index (χ0) is 14.9. The third-order valence-corrected chi connectivity index (χ3v) is 4.07. The Labute approximate surface area is 129 Å². The normalized spacial score (nSPS) is 11.9. The summed E-state index contributed by atoms with van der Waals surface area (Å²) in [5.74, 6) is 0.685. The number of hydrogen-bond acceptors (Lipinski definition) is 3. The van der Waals surface area contributed by atoms with E-state index in [1.54, 1.807) is 11.8 Å². The summed E-state index contributed by atoms with van der Waals surface area (Å²) in [6.45, 7) is -0.0957. The third-order valence-electron chi connectivity index (χ3n) is 3.06. The molecule has 1 amide bonds. The molecule has 0 aliphatic rings. The summed E-state index contributed by atoms with van der Waals surface area (Å²) < 4.78 is 0. The van der Waals surface area contributed by atoms with Gasteiger partial charge < -0.3 is 10.4 Å². The van der Waals surface area contributed by atoms with Crippen LogP contribution in [-0.2, 0) is 4.79 Å². The van der Waals surface area contributed by atoms with Crippen molar-refractivity contribution in [3.63, 3.8) is 0 Å². The SMILES string of the molecule is O=C(CCSc1ccccc1)N[C@@H](CO)c1ccccc1. The number of hydrogen-bond donors (Lipinski definition) is 2. The molecule has 0 heterocycles. The lowest BCUT2D eigenvalue weighted by atomic mass is 10.1. The van der Waals surface area contributed by atoms with Gasteiger partial charge in [0, 0.05) is 17.1 Å². The monoisotopic (exact) mass is 301 g/mol. The zero-order valence-corrected chi connectivity index (χ0v) is 12.6. The minimum atomic E-state index is -0.333. The molecule has 110 valence electrons. The fourth-order valence-corrected chi connectivity index (χ4v) is 2.84. The second-order valence-corrected chi connectivity index (χ2v) is 5.79. The van der Waals surface area contributed by atoms with Gasteiger partial charge >= 0.3 is 0 Å². The van der Waals surface area contributed by atoms with Crippen molar-refractivity contribution in [2.75, 3.05) is 12.4 Å². The standard InChI is InChI=1S/C17H19NO2S/c19-13-16(14-7-3-1-4-8-14)18-17(20)11-12-21-15-9-5-2-6-10-15/h1-10,16,19H,11-13H2,(H,18,20)/t16-/m0/s1. The molecule has 0 bridgehead atoms. The van der Waals surface area contributed by atoms with Crippen LogP contribution >= 0.6 is 11.8 Å². The van der Waals surface area contributed by atoms with E-state index in [1.165, 1.54) is 0 Å². The number of thioether (sulfide) groups is 1. The summed E-state index contributed by atoms with van der Waals surface area (Å²) in [6.07, 6.45) is 0.433. The Morgan fingerprint density at radius 3 is 2.29 bits per heavy atom. The molecule has 2 N–H and O–H groups in total. The molecule has 2 rings (SSSR count). The number of carbonyl (C=O) groups is 1. The highest BCUT2D eigenvalue weighted by Gasteiger charge is 2.12. The van der Waals surface area contributed by atoms with Gasteiger partial charge in [0.05, 0.1) is 12.6 Å². The van der Waals surface area contributed by atoms with Gasteiger partial charge in [-0.15, -0.1) is 11.8 Å². The van der Waals surface area contributed by atoms with Gasteiger partial charge in [-0.3, -0.25) is 4.79 Å². The van der Waals surface area contributed by atoms with E-state index in [1.807, 2.05) is 60.7 Å². The number of aliphatic hydroxyl groups is 1. The molecule has 2 aromatic rings. The van der Waals surface area contributed by atoms with Gasteiger partial charge in [-0.05, 0) is 17.7 Å². The maximum absolute atomic E-state index is 11.9. The molecule has 0 aliphatic carbocycles. The molecule has 0 fully saturated rings. The van der Waals surface area contributed by atoms with Crippen LogP contribution in [0.15, 0.2) is 65.6 Å². The lowest BCUT2D eigenvalue weighted by molar-refractivity contribution is -0.121. The number of benzene rings is 2. The maximum Gasteiger partial charge on any atom is 0.221 e. The first-order valence-electron chi connectivity index (χ1n) is 6.92. The van der Waals surface area contributed by atoms with Crippen molar-refractivity contribution in [3.05, 3.63) is 66.2 Å². The summed E-state index contributed by atoms with van der Waals surface area (Å²) >= 11 is 1.66. The lowest BCUT2D eigenvalue weighted by Crippen LogP contribution is -2.30. The maximum atomic E-state index is 11.9. The number of aliphatic hydroxyl groups excluding tert-OH is 1. The van der Waals surface area contributed by atoms with Gasteiger partial charge in [-0.25, -0.2) is 0 Å². The largest absolute Gasteiger partial charge is 0.394 e. The summed E-state index contributed by atoms with van der Waals surface area (Å²) in [4.78, 5) is 13.1. The predicted molar refractivity (Wildman–Crippen MR) is 86.2 cm³/mol. The van der Waals surface area contributed by atoms with Crippen LogP contribution in [0, 0.1) is 0 Å². The van der Waals surface area contributed by atoms with Crippen LogP contribution in [0.2, 0.25) is 0 Å². The minimum Gasteiger partial charge on any atom is -0.394 e. The van der Waals surface area contributed by atoms with E-state index in [4.69, 9.17) is 0 Å². The van der Waals surface area contributed by atoms with Crippen LogP contribution in [0.5, 0.6) is 0 Å². The van der Waals surface area contributed by atoms with Crippen molar-refractivity contribution in [2.24, 2.45) is 0 Å². The Kier molecular flexibility index (Phi) is 6.31. The average Bonchev–Trinajstić information content (AvgIpc) is 2.54. The van der Waals surface area contributed by atoms with Crippen molar-refractivity contribution >= 4 is 17.7 Å². The minimum absolute atomic E-state index is 0.0404. The fourth-order valence-electron chi connectivity index (χ4n) is 1.96. The van der Waals surface area contributed by atoms with Gasteiger partial charge in [-0.2, -0.15) is 0 Å². The molecule has 1 atom stereocenters. The van der Waals surface area contributed by atoms with Gasteiger partial charge in [-0.1, -0.05) is 48.5 Å². The van der Waals surface area contributed by atoms with Gasteiger partial charge in [0.1, 0.15) is 0 Å². The van der Waals surface area contributed by atoms with Gasteiger partial charge in [0.25, 0.3) is 0 Å². The summed E-state index contributed by atoms with van der Waals surface area (Å²) in [5, 5.41) is 12.3. The van der Waals surface area contributed by atoms with E-state index in [9.17, 15) is 9.90 Å². The van der Waals surface area contributed by atoms with E-state index in [2.05, 4.69) is 5.32 Å². The van der Waals surface area contributed by atoms with E-state index >= 15 is 0 Å². The molecule has 0 spiro atoms. The highest BCUT2D eigenvalue weighted by Crippen LogP contribution is 2.18. The highest BCUT2D eigenvalue weighted by molar-refractivity contribution is 7.99. The van der Waals surface area contributed by atoms with Crippen LogP contribution < -0.4 is 5.32 Å². The Bertz CT molecular complexity index is 545. The molecule has 21 heavy (non-hydrogen) atoms. The Morgan fingerprint density at radius 1 is 1.05 bits per heavy atom. The molecule has 0 aliphatic heterocycles. The molecule has 0 unspecified atom stereocenters.